The summed E-state index contributed by atoms with van der Waals surface area (Å²) in [5, 5.41) is 0.319. The zero-order chi connectivity index (χ0) is 19.4. The summed E-state index contributed by atoms with van der Waals surface area (Å²) in [6.07, 6.45) is 0. The molecule has 8 heteroatoms. The van der Waals surface area contributed by atoms with Crippen LogP contribution in [0.15, 0.2) is 71.6 Å². The number of nitrogens with one attached hydrogen (secondary N) is 1. The van der Waals surface area contributed by atoms with Crippen molar-refractivity contribution in [1.82, 2.24) is 0 Å². The third-order valence-corrected chi connectivity index (χ3v) is 5.22. The SMILES string of the molecule is COc1ccccc1Oc1ccc(Cl)cc1NS(=O)(=O)c1ccc(F)cc1. The highest BCUT2D eigenvalue weighted by Crippen LogP contribution is 2.37. The minimum atomic E-state index is -3.96. The molecular weight excluding hydrogens is 393 g/mol. The van der Waals surface area contributed by atoms with E-state index >= 15 is 0 Å². The van der Waals surface area contributed by atoms with E-state index in [1.54, 1.807) is 30.3 Å². The molecule has 0 fully saturated rings. The van der Waals surface area contributed by atoms with E-state index in [9.17, 15) is 12.8 Å². The van der Waals surface area contributed by atoms with Crippen LogP contribution >= 0.6 is 11.6 Å². The van der Waals surface area contributed by atoms with Crippen LogP contribution in [-0.2, 0) is 10.0 Å². The molecule has 0 amide bonds. The lowest BCUT2D eigenvalue weighted by Gasteiger charge is -2.15. The van der Waals surface area contributed by atoms with Crippen LogP contribution in [0, 0.1) is 5.82 Å². The van der Waals surface area contributed by atoms with Gasteiger partial charge < -0.3 is 9.47 Å². The molecule has 0 saturated carbocycles. The monoisotopic (exact) mass is 407 g/mol. The number of benzene rings is 3. The molecule has 3 rings (SSSR count). The van der Waals surface area contributed by atoms with E-state index in [4.69, 9.17) is 21.1 Å². The number of halogens is 2. The van der Waals surface area contributed by atoms with Gasteiger partial charge in [0.15, 0.2) is 17.2 Å². The fourth-order valence-corrected chi connectivity index (χ4v) is 3.54. The lowest BCUT2D eigenvalue weighted by molar-refractivity contribution is 0.379. The molecule has 0 aliphatic rings. The fraction of sp³-hybridized carbons (Fsp3) is 0.0526. The highest BCUT2D eigenvalue weighted by Gasteiger charge is 2.18. The lowest BCUT2D eigenvalue weighted by Crippen LogP contribution is -2.13. The molecule has 0 aromatic heterocycles. The highest BCUT2D eigenvalue weighted by molar-refractivity contribution is 7.92. The van der Waals surface area contributed by atoms with Crippen molar-refractivity contribution in [2.24, 2.45) is 0 Å². The first kappa shape index (κ1) is 19.0. The van der Waals surface area contributed by atoms with Crippen LogP contribution in [0.2, 0.25) is 5.02 Å². The molecule has 0 bridgehead atoms. The van der Waals surface area contributed by atoms with E-state index in [2.05, 4.69) is 4.72 Å². The van der Waals surface area contributed by atoms with Crippen LogP contribution in [0.25, 0.3) is 0 Å². The standard InChI is InChI=1S/C19H15ClFNO4S/c1-25-18-4-2-3-5-19(18)26-17-11-6-13(20)12-16(17)22-27(23,24)15-9-7-14(21)8-10-15/h2-12,22H,1H3. The maximum atomic E-state index is 13.1. The molecule has 0 aliphatic heterocycles. The summed E-state index contributed by atoms with van der Waals surface area (Å²) in [5.41, 5.74) is 0.137. The number of hydrogen-bond acceptors (Lipinski definition) is 4. The first-order valence-corrected chi connectivity index (χ1v) is 9.64. The number of sulfonamides is 1. The second kappa shape index (κ2) is 7.85. The van der Waals surface area contributed by atoms with Crippen molar-refractivity contribution in [2.45, 2.75) is 4.90 Å². The van der Waals surface area contributed by atoms with Gasteiger partial charge in [0, 0.05) is 5.02 Å². The lowest BCUT2D eigenvalue weighted by atomic mass is 10.3. The Kier molecular flexibility index (Phi) is 5.53. The first-order valence-electron chi connectivity index (χ1n) is 7.78. The van der Waals surface area contributed by atoms with Crippen molar-refractivity contribution in [3.8, 4) is 17.2 Å². The van der Waals surface area contributed by atoms with Crippen molar-refractivity contribution < 1.29 is 22.3 Å². The molecule has 5 nitrogen and oxygen atoms in total. The van der Waals surface area contributed by atoms with E-state index in [-0.39, 0.29) is 16.3 Å². The zero-order valence-electron chi connectivity index (χ0n) is 14.1. The Morgan fingerprint density at radius 1 is 0.926 bits per heavy atom. The van der Waals surface area contributed by atoms with E-state index in [0.29, 0.717) is 16.5 Å². The molecule has 0 atom stereocenters. The molecule has 0 saturated heterocycles. The maximum absolute atomic E-state index is 13.1. The van der Waals surface area contributed by atoms with Gasteiger partial charge in [-0.3, -0.25) is 4.72 Å². The number of hydrogen-bond donors (Lipinski definition) is 1. The summed E-state index contributed by atoms with van der Waals surface area (Å²) in [6.45, 7) is 0. The average molecular weight is 408 g/mol. The van der Waals surface area contributed by atoms with Crippen molar-refractivity contribution in [2.75, 3.05) is 11.8 Å². The first-order chi connectivity index (χ1) is 12.9. The van der Waals surface area contributed by atoms with Crippen LogP contribution in [0.3, 0.4) is 0 Å². The maximum Gasteiger partial charge on any atom is 0.262 e. The van der Waals surface area contributed by atoms with Gasteiger partial charge in [-0.15, -0.1) is 0 Å². The molecule has 0 unspecified atom stereocenters. The smallest absolute Gasteiger partial charge is 0.262 e. The average Bonchev–Trinajstić information content (AvgIpc) is 2.64. The number of para-hydroxylation sites is 2. The van der Waals surface area contributed by atoms with Crippen molar-refractivity contribution in [3.63, 3.8) is 0 Å². The molecule has 0 heterocycles. The Balaban J connectivity index is 1.96. The summed E-state index contributed by atoms with van der Waals surface area (Å²) < 4.78 is 51.7. The van der Waals surface area contributed by atoms with Crippen molar-refractivity contribution >= 4 is 27.3 Å². The van der Waals surface area contributed by atoms with Crippen LogP contribution in [0.5, 0.6) is 17.2 Å². The van der Waals surface area contributed by atoms with E-state index in [0.717, 1.165) is 12.1 Å². The van der Waals surface area contributed by atoms with Gasteiger partial charge in [-0.05, 0) is 54.6 Å². The summed E-state index contributed by atoms with van der Waals surface area (Å²) in [5.74, 6) is 0.593. The Labute approximate surface area is 161 Å². The molecular formula is C19H15ClFNO4S. The Morgan fingerprint density at radius 2 is 1.59 bits per heavy atom. The van der Waals surface area contributed by atoms with Gasteiger partial charge >= 0.3 is 0 Å². The molecule has 3 aromatic rings. The van der Waals surface area contributed by atoms with E-state index in [1.807, 2.05) is 0 Å². The van der Waals surface area contributed by atoms with E-state index < -0.39 is 15.8 Å². The van der Waals surface area contributed by atoms with Crippen LogP contribution in [0.4, 0.5) is 10.1 Å². The summed E-state index contributed by atoms with van der Waals surface area (Å²) in [7, 11) is -2.46. The Hall–Kier alpha value is -2.77. The van der Waals surface area contributed by atoms with Gasteiger partial charge in [0.05, 0.1) is 17.7 Å². The molecule has 0 aliphatic carbocycles. The van der Waals surface area contributed by atoms with Gasteiger partial charge in [-0.1, -0.05) is 23.7 Å². The minimum absolute atomic E-state index is 0.0906. The van der Waals surface area contributed by atoms with Gasteiger partial charge in [0.1, 0.15) is 5.82 Å². The second-order valence-electron chi connectivity index (χ2n) is 5.45. The van der Waals surface area contributed by atoms with Gasteiger partial charge in [-0.25, -0.2) is 12.8 Å². The van der Waals surface area contributed by atoms with Gasteiger partial charge in [-0.2, -0.15) is 0 Å². The summed E-state index contributed by atoms with van der Waals surface area (Å²) in [6, 6.07) is 16.0. The molecule has 140 valence electrons. The topological polar surface area (TPSA) is 64.6 Å². The Bertz CT molecular complexity index is 1060. The number of ether oxygens (including phenoxy) is 2. The van der Waals surface area contributed by atoms with E-state index in [1.165, 1.54) is 31.4 Å². The highest BCUT2D eigenvalue weighted by atomic mass is 35.5. The zero-order valence-corrected chi connectivity index (χ0v) is 15.7. The number of methoxy groups -OCH3 is 1. The van der Waals surface area contributed by atoms with Gasteiger partial charge in [0.25, 0.3) is 10.0 Å². The predicted octanol–water partition coefficient (Wildman–Crippen LogP) is 5.08. The van der Waals surface area contributed by atoms with Crippen molar-refractivity contribution in [1.29, 1.82) is 0 Å². The van der Waals surface area contributed by atoms with Crippen LogP contribution < -0.4 is 14.2 Å². The van der Waals surface area contributed by atoms with Gasteiger partial charge in [0.2, 0.25) is 0 Å². The molecule has 0 radical (unpaired) electrons. The summed E-state index contributed by atoms with van der Waals surface area (Å²) in [4.78, 5) is -0.0906. The third kappa shape index (κ3) is 4.50. The predicted molar refractivity (Wildman–Crippen MR) is 102 cm³/mol. The molecule has 1 N–H and O–H groups in total. The molecule has 0 spiro atoms. The second-order valence-corrected chi connectivity index (χ2v) is 7.57. The number of anilines is 1. The summed E-state index contributed by atoms with van der Waals surface area (Å²) >= 11 is 6.01. The minimum Gasteiger partial charge on any atom is -0.493 e. The fourth-order valence-electron chi connectivity index (χ4n) is 2.31. The normalized spacial score (nSPS) is 11.1. The Morgan fingerprint density at radius 3 is 2.26 bits per heavy atom. The quantitative estimate of drug-likeness (QED) is 0.618. The molecule has 3 aromatic carbocycles. The molecule has 27 heavy (non-hydrogen) atoms. The largest absolute Gasteiger partial charge is 0.493 e. The van der Waals surface area contributed by atoms with Crippen molar-refractivity contribution in [3.05, 3.63) is 77.6 Å². The van der Waals surface area contributed by atoms with Crippen LogP contribution in [0.1, 0.15) is 0 Å². The van der Waals surface area contributed by atoms with Crippen LogP contribution in [-0.4, -0.2) is 15.5 Å². The third-order valence-electron chi connectivity index (χ3n) is 3.60. The number of rotatable bonds is 6.